The summed E-state index contributed by atoms with van der Waals surface area (Å²) in [6, 6.07) is 0.121. The molecule has 2 heterocycles. The lowest BCUT2D eigenvalue weighted by Gasteiger charge is -2.47. The van der Waals surface area contributed by atoms with Gasteiger partial charge in [-0.3, -0.25) is 9.69 Å². The van der Waals surface area contributed by atoms with E-state index >= 15 is 0 Å². The zero-order chi connectivity index (χ0) is 14.2. The number of piperidine rings is 1. The molecule has 0 aromatic rings. The Balaban J connectivity index is 1.74. The Morgan fingerprint density at radius 3 is 2.70 bits per heavy atom. The molecule has 3 fully saturated rings. The first-order valence-electron chi connectivity index (χ1n) is 8.24. The molecule has 1 aliphatic carbocycles. The molecule has 2 aliphatic heterocycles. The van der Waals surface area contributed by atoms with Crippen molar-refractivity contribution in [2.45, 2.75) is 76.0 Å². The number of aliphatic carboxylic acids is 1. The quantitative estimate of drug-likeness (QED) is 0.845. The number of hydrogen-bond acceptors (Lipinski definition) is 3. The molecule has 4 nitrogen and oxygen atoms in total. The number of rotatable bonds is 2. The topological polar surface area (TPSA) is 49.8 Å². The Morgan fingerprint density at radius 2 is 2.00 bits per heavy atom. The van der Waals surface area contributed by atoms with E-state index in [1.165, 1.54) is 25.7 Å². The second-order valence-electron chi connectivity index (χ2n) is 7.03. The van der Waals surface area contributed by atoms with Gasteiger partial charge in [0.05, 0.1) is 5.60 Å². The van der Waals surface area contributed by atoms with Crippen LogP contribution in [0.2, 0.25) is 0 Å². The lowest BCUT2D eigenvalue weighted by molar-refractivity contribution is -0.154. The average Bonchev–Trinajstić information content (AvgIpc) is 2.86. The molecule has 3 unspecified atom stereocenters. The number of likely N-dealkylation sites (tertiary alicyclic amines) is 1. The van der Waals surface area contributed by atoms with Crippen LogP contribution >= 0.6 is 0 Å². The minimum absolute atomic E-state index is 0.0760. The highest BCUT2D eigenvalue weighted by Crippen LogP contribution is 2.42. The predicted octanol–water partition coefficient (Wildman–Crippen LogP) is 2.66. The smallest absolute Gasteiger partial charge is 0.321 e. The summed E-state index contributed by atoms with van der Waals surface area (Å²) in [6.45, 7) is 3.85. The molecule has 0 bridgehead atoms. The third-order valence-electron chi connectivity index (χ3n) is 5.68. The molecule has 4 heteroatoms. The molecule has 3 atom stereocenters. The lowest BCUT2D eigenvalue weighted by atomic mass is 9.83. The van der Waals surface area contributed by atoms with Crippen molar-refractivity contribution in [3.8, 4) is 0 Å². The number of carboxylic acids is 1. The summed E-state index contributed by atoms with van der Waals surface area (Å²) in [5, 5.41) is 9.59. The second kappa shape index (κ2) is 5.64. The van der Waals surface area contributed by atoms with Crippen molar-refractivity contribution in [3.63, 3.8) is 0 Å². The molecular weight excluding hydrogens is 254 g/mol. The summed E-state index contributed by atoms with van der Waals surface area (Å²) in [4.78, 5) is 13.9. The van der Waals surface area contributed by atoms with E-state index in [0.29, 0.717) is 6.04 Å². The molecule has 20 heavy (non-hydrogen) atoms. The highest BCUT2D eigenvalue weighted by atomic mass is 16.5. The van der Waals surface area contributed by atoms with Gasteiger partial charge in [-0.25, -0.2) is 0 Å². The van der Waals surface area contributed by atoms with Gasteiger partial charge < -0.3 is 9.84 Å². The Bertz CT molecular complexity index is 365. The van der Waals surface area contributed by atoms with E-state index in [-0.39, 0.29) is 17.6 Å². The van der Waals surface area contributed by atoms with E-state index in [1.807, 2.05) is 0 Å². The summed E-state index contributed by atoms with van der Waals surface area (Å²) in [5.74, 6) is -0.368. The van der Waals surface area contributed by atoms with Crippen LogP contribution in [0, 0.1) is 5.92 Å². The standard InChI is InChI=1S/C16H27NO3/c1-12-5-4-9-17(14(12)15(18)19)13-6-10-20-16(11-13)7-2-3-8-16/h12-14H,2-11H2,1H3,(H,18,19). The van der Waals surface area contributed by atoms with Gasteiger partial charge in [-0.05, 0) is 51.0 Å². The maximum Gasteiger partial charge on any atom is 0.321 e. The van der Waals surface area contributed by atoms with E-state index in [4.69, 9.17) is 4.74 Å². The molecule has 1 N–H and O–H groups in total. The SMILES string of the molecule is CC1CCCN(C2CCOC3(CCCC3)C2)C1C(=O)O. The van der Waals surface area contributed by atoms with E-state index in [0.717, 1.165) is 38.8 Å². The van der Waals surface area contributed by atoms with E-state index in [1.54, 1.807) is 0 Å². The summed E-state index contributed by atoms with van der Waals surface area (Å²) < 4.78 is 6.10. The average molecular weight is 281 g/mol. The van der Waals surface area contributed by atoms with Gasteiger partial charge in [0.25, 0.3) is 0 Å². The monoisotopic (exact) mass is 281 g/mol. The number of carbonyl (C=O) groups is 1. The van der Waals surface area contributed by atoms with Crippen molar-refractivity contribution in [2.75, 3.05) is 13.2 Å². The van der Waals surface area contributed by atoms with Gasteiger partial charge in [-0.1, -0.05) is 19.8 Å². The normalized spacial score (nSPS) is 38.1. The van der Waals surface area contributed by atoms with Gasteiger partial charge in [0.15, 0.2) is 0 Å². The predicted molar refractivity (Wildman–Crippen MR) is 76.7 cm³/mol. The Kier molecular flexibility index (Phi) is 4.04. The maximum atomic E-state index is 11.7. The summed E-state index contributed by atoms with van der Waals surface area (Å²) >= 11 is 0. The van der Waals surface area contributed by atoms with E-state index in [9.17, 15) is 9.90 Å². The molecule has 1 spiro atoms. The molecule has 0 radical (unpaired) electrons. The number of nitrogens with zero attached hydrogens (tertiary/aromatic N) is 1. The van der Waals surface area contributed by atoms with Gasteiger partial charge in [0, 0.05) is 12.6 Å². The van der Waals surface area contributed by atoms with Crippen molar-refractivity contribution in [2.24, 2.45) is 5.92 Å². The summed E-state index contributed by atoms with van der Waals surface area (Å²) in [5.41, 5.74) is 0.0760. The fourth-order valence-electron chi connectivity index (χ4n) is 4.67. The van der Waals surface area contributed by atoms with Crippen molar-refractivity contribution in [1.29, 1.82) is 0 Å². The highest BCUT2D eigenvalue weighted by molar-refractivity contribution is 5.74. The molecular formula is C16H27NO3. The Morgan fingerprint density at radius 1 is 1.25 bits per heavy atom. The van der Waals surface area contributed by atoms with Crippen LogP contribution in [0.15, 0.2) is 0 Å². The molecule has 3 aliphatic rings. The Hall–Kier alpha value is -0.610. The summed E-state index contributed by atoms with van der Waals surface area (Å²) in [7, 11) is 0. The van der Waals surface area contributed by atoms with Crippen molar-refractivity contribution in [3.05, 3.63) is 0 Å². The molecule has 3 rings (SSSR count). The van der Waals surface area contributed by atoms with Crippen molar-refractivity contribution < 1.29 is 14.6 Å². The number of ether oxygens (including phenoxy) is 1. The third kappa shape index (κ3) is 2.60. The third-order valence-corrected chi connectivity index (χ3v) is 5.68. The summed E-state index contributed by atoms with van der Waals surface area (Å²) in [6.07, 6.45) is 9.10. The van der Waals surface area contributed by atoms with Gasteiger partial charge in [-0.15, -0.1) is 0 Å². The van der Waals surface area contributed by atoms with Crippen LogP contribution < -0.4 is 0 Å². The molecule has 0 aromatic heterocycles. The van der Waals surface area contributed by atoms with Gasteiger partial charge in [0.2, 0.25) is 0 Å². The lowest BCUT2D eigenvalue weighted by Crippen LogP contribution is -2.57. The highest BCUT2D eigenvalue weighted by Gasteiger charge is 2.45. The fourth-order valence-corrected chi connectivity index (χ4v) is 4.67. The molecule has 1 saturated carbocycles. The van der Waals surface area contributed by atoms with Crippen LogP contribution in [-0.2, 0) is 9.53 Å². The zero-order valence-electron chi connectivity index (χ0n) is 12.5. The molecule has 2 saturated heterocycles. The first-order valence-corrected chi connectivity index (χ1v) is 8.24. The van der Waals surface area contributed by atoms with Crippen molar-refractivity contribution in [1.82, 2.24) is 4.90 Å². The molecule has 0 aromatic carbocycles. The molecule has 114 valence electrons. The van der Waals surface area contributed by atoms with E-state index < -0.39 is 5.97 Å². The van der Waals surface area contributed by atoms with Crippen molar-refractivity contribution >= 4 is 5.97 Å². The van der Waals surface area contributed by atoms with Crippen LogP contribution in [0.4, 0.5) is 0 Å². The first-order chi connectivity index (χ1) is 9.61. The fraction of sp³-hybridized carbons (Fsp3) is 0.938. The number of hydrogen-bond donors (Lipinski definition) is 1. The minimum atomic E-state index is -0.635. The van der Waals surface area contributed by atoms with Gasteiger partial charge in [-0.2, -0.15) is 0 Å². The van der Waals surface area contributed by atoms with Crippen LogP contribution in [-0.4, -0.2) is 46.8 Å². The zero-order valence-corrected chi connectivity index (χ0v) is 12.5. The van der Waals surface area contributed by atoms with Crippen LogP contribution in [0.3, 0.4) is 0 Å². The second-order valence-corrected chi connectivity index (χ2v) is 7.03. The van der Waals surface area contributed by atoms with Gasteiger partial charge in [0.1, 0.15) is 6.04 Å². The minimum Gasteiger partial charge on any atom is -0.480 e. The van der Waals surface area contributed by atoms with E-state index in [2.05, 4.69) is 11.8 Å². The molecule has 0 amide bonds. The first kappa shape index (κ1) is 14.3. The largest absolute Gasteiger partial charge is 0.480 e. The van der Waals surface area contributed by atoms with Crippen LogP contribution in [0.25, 0.3) is 0 Å². The van der Waals surface area contributed by atoms with Crippen LogP contribution in [0.5, 0.6) is 0 Å². The van der Waals surface area contributed by atoms with Gasteiger partial charge >= 0.3 is 5.97 Å². The maximum absolute atomic E-state index is 11.7. The Labute approximate surface area is 121 Å². The number of carboxylic acid groups (broad SMARTS) is 1. The van der Waals surface area contributed by atoms with Crippen LogP contribution in [0.1, 0.15) is 58.3 Å².